The van der Waals surface area contributed by atoms with Crippen LogP contribution < -0.4 is 31.8 Å². The predicted octanol–water partition coefficient (Wildman–Crippen LogP) is 3.01. The zero-order valence-electron chi connectivity index (χ0n) is 44.6. The molecule has 81 heavy (non-hydrogen) atoms. The molecule has 1 aliphatic carbocycles. The highest BCUT2D eigenvalue weighted by Crippen LogP contribution is 2.48. The van der Waals surface area contributed by atoms with E-state index in [4.69, 9.17) is 30.4 Å². The SMILES string of the molecule is CO[C@H]1C=CO[C@@]2(C)Oc3c(C)c(O)c4c(c3C2=O)C(=O)C(/C=N/N2CCN(c3nc5c(cc3F)c(=O)c(C(=O)O)cn5-c3ccc(F)cc3F)CC2)=C(NC(=O)/C(C)=C\C=C\[C@H](C)[C@H](O)[C@@H](N)[C@@H](O)[C@@H](N)[C@H](OC(C)=O)[C@@H]1C)C4=O. The highest BCUT2D eigenvalue weighted by molar-refractivity contribution is 6.37. The van der Waals surface area contributed by atoms with Crippen LogP contribution in [0.3, 0.4) is 0 Å². The lowest BCUT2D eigenvalue weighted by Gasteiger charge is -2.37. The molecule has 2 aromatic carbocycles. The number of fused-ring (bicyclic) bond motifs is 15. The number of piperazine rings is 1. The van der Waals surface area contributed by atoms with Crippen LogP contribution in [0.5, 0.6) is 11.5 Å². The number of aromatic hydroxyl groups is 1. The fourth-order valence-corrected chi connectivity index (χ4v) is 9.94. The molecular formula is C55H57F3N8O15. The Morgan fingerprint density at radius 1 is 0.938 bits per heavy atom. The van der Waals surface area contributed by atoms with Gasteiger partial charge in [-0.1, -0.05) is 32.1 Å². The maximum absolute atomic E-state index is 16.0. The van der Waals surface area contributed by atoms with Crippen LogP contribution in [0.4, 0.5) is 19.0 Å². The van der Waals surface area contributed by atoms with Gasteiger partial charge >= 0.3 is 17.7 Å². The highest BCUT2D eigenvalue weighted by atomic mass is 19.1. The number of aromatic nitrogens is 2. The standard InChI is InChI=1S/C55H57F3N8O15/c1-23-9-8-10-24(2)53(75)62-41-30(21-61-65-16-14-64(15-17-65)52-33(58)20-29-44(70)31(54(76)77)22-66(51(29)63-52)34-12-11-28(56)19-32(34)57)45(71)36-37(46(41)72)43(69)26(4)48-38(36)50(74)55(6,81-48)79-18-13-35(78-7)25(3)49(80-27(5)67)40(60)47(73)39(59)42(23)68/h8-13,18-23,25,35,39-40,42,47,49,68-69,73H,14-17,59-60H2,1-7H3,(H,62,75)(H,76,77)/b9-8+,18-13?,24-10-,61-21+/t23-,25+,35-,39+,40+,42-,47+,49+,55-/m0/s1. The minimum Gasteiger partial charge on any atom is -0.507 e. The number of rotatable bonds is 7. The third kappa shape index (κ3) is 10.9. The molecule has 6 heterocycles. The Hall–Kier alpha value is -8.56. The summed E-state index contributed by atoms with van der Waals surface area (Å²) in [6, 6.07) is 0.371. The van der Waals surface area contributed by atoms with Crippen molar-refractivity contribution in [2.45, 2.75) is 83.8 Å². The lowest BCUT2D eigenvalue weighted by atomic mass is 9.81. The van der Waals surface area contributed by atoms with Gasteiger partial charge in [0.1, 0.15) is 40.5 Å². The number of carbonyl (C=O) groups is 6. The molecule has 1 fully saturated rings. The Balaban J connectivity index is 1.16. The van der Waals surface area contributed by atoms with Crippen LogP contribution in [0.25, 0.3) is 16.7 Å². The smallest absolute Gasteiger partial charge is 0.341 e. The van der Waals surface area contributed by atoms with E-state index in [-0.39, 0.29) is 54.5 Å². The molecule has 428 valence electrons. The zero-order chi connectivity index (χ0) is 59.3. The van der Waals surface area contributed by atoms with E-state index in [1.54, 1.807) is 13.8 Å². The number of esters is 1. The molecule has 0 unspecified atom stereocenters. The summed E-state index contributed by atoms with van der Waals surface area (Å²) in [5.41, 5.74) is 7.02. The van der Waals surface area contributed by atoms with Gasteiger partial charge in [0, 0.05) is 69.3 Å². The average molecular weight is 1130 g/mol. The van der Waals surface area contributed by atoms with Crippen molar-refractivity contribution in [1.29, 1.82) is 0 Å². The first-order chi connectivity index (χ1) is 38.2. The molecule has 5 bridgehead atoms. The summed E-state index contributed by atoms with van der Waals surface area (Å²) in [4.78, 5) is 102. The van der Waals surface area contributed by atoms with E-state index >= 15 is 13.6 Å². The number of allylic oxidation sites excluding steroid dienone is 4. The number of halogens is 3. The van der Waals surface area contributed by atoms with Crippen LogP contribution in [-0.2, 0) is 23.8 Å². The normalized spacial score (nSPS) is 26.8. The van der Waals surface area contributed by atoms with Crippen molar-refractivity contribution in [2.75, 3.05) is 38.2 Å². The number of hydrogen-bond acceptors (Lipinski definition) is 20. The number of carbonyl (C=O) groups excluding carboxylic acids is 5. The van der Waals surface area contributed by atoms with Gasteiger partial charge in [-0.3, -0.25) is 38.3 Å². The molecule has 4 aliphatic heterocycles. The molecular weight excluding hydrogens is 1070 g/mol. The fourth-order valence-electron chi connectivity index (χ4n) is 9.94. The molecule has 0 saturated carbocycles. The molecule has 5 aliphatic rings. The number of amides is 1. The van der Waals surface area contributed by atoms with Crippen molar-refractivity contribution < 1.29 is 81.3 Å². The lowest BCUT2D eigenvalue weighted by Crippen LogP contribution is -2.60. The fraction of sp³-hybridized carbons (Fsp3) is 0.364. The number of carboxylic acid groups (broad SMARTS) is 1. The average Bonchev–Trinajstić information content (AvgIpc) is 3.90. The van der Waals surface area contributed by atoms with Crippen molar-refractivity contribution in [3.05, 3.63) is 133 Å². The van der Waals surface area contributed by atoms with Crippen LogP contribution in [0.15, 0.2) is 87.8 Å². The minimum absolute atomic E-state index is 0.0449. The molecule has 1 saturated heterocycles. The largest absolute Gasteiger partial charge is 0.507 e. The van der Waals surface area contributed by atoms with Gasteiger partial charge < -0.3 is 61.1 Å². The Bertz CT molecular complexity index is 3540. The first-order valence-corrected chi connectivity index (χ1v) is 25.2. The van der Waals surface area contributed by atoms with E-state index in [9.17, 15) is 53.6 Å². The zero-order valence-corrected chi connectivity index (χ0v) is 44.6. The van der Waals surface area contributed by atoms with Crippen molar-refractivity contribution in [3.63, 3.8) is 0 Å². The summed E-state index contributed by atoms with van der Waals surface area (Å²) < 4.78 is 69.2. The number of ether oxygens (including phenoxy) is 4. The molecule has 4 aromatic rings. The van der Waals surface area contributed by atoms with Gasteiger partial charge in [0.15, 0.2) is 23.1 Å². The summed E-state index contributed by atoms with van der Waals surface area (Å²) in [6.07, 6.45) is 2.84. The topological polar surface area (TPSA) is 338 Å². The number of Topliss-reactive ketones (excluding diaryl/α,β-unsaturated/α-hetero) is 3. The lowest BCUT2D eigenvalue weighted by molar-refractivity contribution is -0.155. The van der Waals surface area contributed by atoms with Gasteiger partial charge in [-0.2, -0.15) is 5.10 Å². The molecule has 9 N–H and O–H groups in total. The van der Waals surface area contributed by atoms with Crippen molar-refractivity contribution in [2.24, 2.45) is 28.4 Å². The number of nitrogens with two attached hydrogens (primary N) is 2. The Labute approximate surface area is 459 Å². The maximum Gasteiger partial charge on any atom is 0.341 e. The van der Waals surface area contributed by atoms with Gasteiger partial charge in [0.2, 0.25) is 11.2 Å². The number of nitrogens with zero attached hydrogens (tertiary/aromatic N) is 5. The molecule has 2 aromatic heterocycles. The molecule has 23 nitrogen and oxygen atoms in total. The van der Waals surface area contributed by atoms with E-state index in [1.165, 1.54) is 62.1 Å². The number of ketones is 3. The van der Waals surface area contributed by atoms with E-state index in [1.807, 2.05) is 0 Å². The third-order valence-electron chi connectivity index (χ3n) is 14.6. The second-order valence-electron chi connectivity index (χ2n) is 20.0. The van der Waals surface area contributed by atoms with Gasteiger partial charge in [-0.05, 0) is 38.1 Å². The number of aromatic carboxylic acids is 1. The summed E-state index contributed by atoms with van der Waals surface area (Å²) in [5.74, 6) is -15.1. The Morgan fingerprint density at radius 2 is 1.63 bits per heavy atom. The number of pyridine rings is 2. The highest BCUT2D eigenvalue weighted by Gasteiger charge is 2.53. The number of hydrogen-bond donors (Lipinski definition) is 7. The van der Waals surface area contributed by atoms with E-state index < -0.39 is 163 Å². The quantitative estimate of drug-likeness (QED) is 0.103. The molecule has 9 rings (SSSR count). The second kappa shape index (κ2) is 22.9. The van der Waals surface area contributed by atoms with Crippen LogP contribution >= 0.6 is 0 Å². The predicted molar refractivity (Wildman–Crippen MR) is 282 cm³/mol. The number of aliphatic hydroxyl groups excluding tert-OH is 2. The van der Waals surface area contributed by atoms with Gasteiger partial charge in [0.25, 0.3) is 11.7 Å². The molecule has 1 amide bonds. The summed E-state index contributed by atoms with van der Waals surface area (Å²) in [5, 5.41) is 51.9. The monoisotopic (exact) mass is 1130 g/mol. The van der Waals surface area contributed by atoms with Crippen LogP contribution in [0, 0.1) is 36.2 Å². The number of methoxy groups -OCH3 is 1. The number of benzene rings is 2. The summed E-state index contributed by atoms with van der Waals surface area (Å²) in [6.45, 7) is 7.95. The van der Waals surface area contributed by atoms with Crippen molar-refractivity contribution in [3.8, 4) is 17.2 Å². The Kier molecular flexibility index (Phi) is 16.6. The van der Waals surface area contributed by atoms with E-state index in [0.717, 1.165) is 48.4 Å². The Morgan fingerprint density at radius 3 is 2.27 bits per heavy atom. The number of phenolic OH excluding ortho intramolecular Hbond substituents is 1. The number of nitrogens with one attached hydrogen (secondary N) is 1. The van der Waals surface area contributed by atoms with Gasteiger partial charge in [-0.25, -0.2) is 22.9 Å². The molecule has 26 heteroatoms. The number of anilines is 1. The van der Waals surface area contributed by atoms with Gasteiger partial charge in [0.05, 0.1) is 89.3 Å². The third-order valence-corrected chi connectivity index (χ3v) is 14.6. The number of phenols is 1. The number of carboxylic acids is 1. The first-order valence-electron chi connectivity index (χ1n) is 25.2. The van der Waals surface area contributed by atoms with Gasteiger partial charge in [-0.15, -0.1) is 0 Å². The summed E-state index contributed by atoms with van der Waals surface area (Å²) >= 11 is 0. The van der Waals surface area contributed by atoms with Crippen LogP contribution in [0.2, 0.25) is 0 Å². The van der Waals surface area contributed by atoms with Crippen molar-refractivity contribution >= 4 is 58.3 Å². The van der Waals surface area contributed by atoms with Crippen LogP contribution in [0.1, 0.15) is 81.6 Å². The van der Waals surface area contributed by atoms with Crippen molar-refractivity contribution in [1.82, 2.24) is 19.9 Å². The number of hydrazone groups is 1. The maximum atomic E-state index is 16.0. The minimum atomic E-state index is -2.28. The molecule has 0 spiro atoms. The second-order valence-corrected chi connectivity index (χ2v) is 20.0. The van der Waals surface area contributed by atoms with E-state index in [2.05, 4.69) is 15.4 Å². The number of aliphatic hydroxyl groups is 2. The van der Waals surface area contributed by atoms with E-state index in [0.29, 0.717) is 6.07 Å². The first kappa shape index (κ1) is 58.6. The summed E-state index contributed by atoms with van der Waals surface area (Å²) in [7, 11) is 1.31. The molecule has 9 atom stereocenters. The molecule has 0 radical (unpaired) electrons. The van der Waals surface area contributed by atoms with Crippen LogP contribution in [-0.4, -0.2) is 152 Å².